The van der Waals surface area contributed by atoms with E-state index in [1.807, 2.05) is 32.0 Å². The van der Waals surface area contributed by atoms with E-state index in [4.69, 9.17) is 14.2 Å². The fourth-order valence-corrected chi connectivity index (χ4v) is 3.02. The molecule has 1 atom stereocenters. The number of nitrogens with one attached hydrogen (secondary N) is 1. The van der Waals surface area contributed by atoms with Gasteiger partial charge in [-0.25, -0.2) is 0 Å². The first-order valence-corrected chi connectivity index (χ1v) is 9.39. The topological polar surface area (TPSA) is 63.2 Å². The number of benzene rings is 1. The average Bonchev–Trinajstić information content (AvgIpc) is 3.13. The van der Waals surface area contributed by atoms with Gasteiger partial charge in [-0.1, -0.05) is 6.07 Å². The molecule has 1 aliphatic heterocycles. The highest BCUT2D eigenvalue weighted by Crippen LogP contribution is 2.28. The number of rotatable bonds is 11. The van der Waals surface area contributed by atoms with E-state index in [1.165, 1.54) is 12.8 Å². The van der Waals surface area contributed by atoms with Crippen molar-refractivity contribution in [1.82, 2.24) is 10.2 Å². The van der Waals surface area contributed by atoms with Crippen molar-refractivity contribution in [3.8, 4) is 11.5 Å². The van der Waals surface area contributed by atoms with Crippen LogP contribution in [0.2, 0.25) is 0 Å². The maximum atomic E-state index is 10.2. The number of ether oxygens (including phenoxy) is 3. The summed E-state index contributed by atoms with van der Waals surface area (Å²) in [5.74, 6) is 1.35. The molecule has 1 heterocycles. The van der Waals surface area contributed by atoms with Gasteiger partial charge in [-0.3, -0.25) is 0 Å². The van der Waals surface area contributed by atoms with Gasteiger partial charge in [0.15, 0.2) is 11.5 Å². The first kappa shape index (κ1) is 21.0. The SMILES string of the molecule is COc1cc(CNCC(C)(C)OC)ccc1OC[C@@H](O)CN1CCCC1. The molecule has 0 amide bonds. The van der Waals surface area contributed by atoms with E-state index in [9.17, 15) is 5.11 Å². The normalized spacial score (nSPS) is 16.7. The fraction of sp³-hybridized carbons (Fsp3) is 0.700. The Balaban J connectivity index is 1.83. The number of aliphatic hydroxyl groups excluding tert-OH is 1. The van der Waals surface area contributed by atoms with E-state index in [-0.39, 0.29) is 12.2 Å². The minimum atomic E-state index is -0.490. The van der Waals surface area contributed by atoms with Gasteiger partial charge in [0, 0.05) is 26.7 Å². The van der Waals surface area contributed by atoms with Crippen LogP contribution in [0.1, 0.15) is 32.3 Å². The molecule has 6 heteroatoms. The van der Waals surface area contributed by atoms with Crippen molar-refractivity contribution in [3.63, 3.8) is 0 Å². The second-order valence-electron chi connectivity index (χ2n) is 7.53. The van der Waals surface area contributed by atoms with Crippen molar-refractivity contribution in [2.45, 2.75) is 44.9 Å². The fourth-order valence-electron chi connectivity index (χ4n) is 3.02. The number of β-amino-alcohol motifs (C(OH)–C–C–N with tert-alkyl or cyclic N) is 1. The Hall–Kier alpha value is -1.34. The molecule has 0 unspecified atom stereocenters. The van der Waals surface area contributed by atoms with Gasteiger partial charge in [0.2, 0.25) is 0 Å². The molecule has 2 N–H and O–H groups in total. The van der Waals surface area contributed by atoms with E-state index >= 15 is 0 Å². The number of hydrogen-bond donors (Lipinski definition) is 2. The Morgan fingerprint density at radius 2 is 1.92 bits per heavy atom. The molecule has 0 bridgehead atoms. The third-order valence-electron chi connectivity index (χ3n) is 4.76. The Bertz CT molecular complexity index is 545. The number of aliphatic hydroxyl groups is 1. The van der Waals surface area contributed by atoms with Crippen LogP contribution in [0.25, 0.3) is 0 Å². The molecular formula is C20H34N2O4. The molecule has 2 rings (SSSR count). The zero-order valence-electron chi connectivity index (χ0n) is 16.6. The van der Waals surface area contributed by atoms with Crippen molar-refractivity contribution >= 4 is 0 Å². The molecule has 1 aromatic carbocycles. The molecule has 1 fully saturated rings. The van der Waals surface area contributed by atoms with E-state index in [1.54, 1.807) is 14.2 Å². The van der Waals surface area contributed by atoms with Gasteiger partial charge in [0.1, 0.15) is 12.7 Å². The molecule has 0 aromatic heterocycles. The largest absolute Gasteiger partial charge is 0.493 e. The summed E-state index contributed by atoms with van der Waals surface area (Å²) in [6.07, 6.45) is 1.95. The average molecular weight is 367 g/mol. The summed E-state index contributed by atoms with van der Waals surface area (Å²) in [5, 5.41) is 13.6. The highest BCUT2D eigenvalue weighted by Gasteiger charge is 2.17. The lowest BCUT2D eigenvalue weighted by Crippen LogP contribution is -2.36. The lowest BCUT2D eigenvalue weighted by molar-refractivity contribution is 0.0230. The summed E-state index contributed by atoms with van der Waals surface area (Å²) in [7, 11) is 3.35. The zero-order valence-corrected chi connectivity index (χ0v) is 16.6. The number of nitrogens with zero attached hydrogens (tertiary/aromatic N) is 1. The lowest BCUT2D eigenvalue weighted by Gasteiger charge is -2.23. The highest BCUT2D eigenvalue weighted by atomic mass is 16.5. The second-order valence-corrected chi connectivity index (χ2v) is 7.53. The monoisotopic (exact) mass is 366 g/mol. The van der Waals surface area contributed by atoms with Crippen LogP contribution < -0.4 is 14.8 Å². The van der Waals surface area contributed by atoms with Crippen molar-refractivity contribution in [1.29, 1.82) is 0 Å². The van der Waals surface area contributed by atoms with Gasteiger partial charge in [-0.15, -0.1) is 0 Å². The molecule has 0 spiro atoms. The summed E-state index contributed by atoms with van der Waals surface area (Å²) in [6, 6.07) is 5.88. The number of methoxy groups -OCH3 is 2. The molecule has 1 saturated heterocycles. The predicted molar refractivity (Wildman–Crippen MR) is 103 cm³/mol. The van der Waals surface area contributed by atoms with E-state index in [0.717, 1.165) is 31.7 Å². The molecule has 1 aromatic rings. The van der Waals surface area contributed by atoms with Gasteiger partial charge in [0.25, 0.3) is 0 Å². The third-order valence-corrected chi connectivity index (χ3v) is 4.76. The second kappa shape index (κ2) is 10.1. The third kappa shape index (κ3) is 6.76. The van der Waals surface area contributed by atoms with Crippen molar-refractivity contribution < 1.29 is 19.3 Å². The van der Waals surface area contributed by atoms with Crippen molar-refractivity contribution in [2.24, 2.45) is 0 Å². The van der Waals surface area contributed by atoms with Crippen molar-refractivity contribution in [3.05, 3.63) is 23.8 Å². The molecule has 26 heavy (non-hydrogen) atoms. The number of likely N-dealkylation sites (tertiary alicyclic amines) is 1. The smallest absolute Gasteiger partial charge is 0.161 e. The van der Waals surface area contributed by atoms with Crippen LogP contribution >= 0.6 is 0 Å². The molecule has 148 valence electrons. The van der Waals surface area contributed by atoms with Gasteiger partial charge >= 0.3 is 0 Å². The quantitative estimate of drug-likeness (QED) is 0.625. The minimum absolute atomic E-state index is 0.196. The van der Waals surface area contributed by atoms with Gasteiger partial charge < -0.3 is 29.5 Å². The van der Waals surface area contributed by atoms with Crippen LogP contribution in [0.3, 0.4) is 0 Å². The van der Waals surface area contributed by atoms with Crippen LogP contribution in [-0.4, -0.2) is 68.7 Å². The maximum absolute atomic E-state index is 10.2. The maximum Gasteiger partial charge on any atom is 0.161 e. The minimum Gasteiger partial charge on any atom is -0.493 e. The Morgan fingerprint density at radius 1 is 1.19 bits per heavy atom. The van der Waals surface area contributed by atoms with Crippen LogP contribution in [-0.2, 0) is 11.3 Å². The van der Waals surface area contributed by atoms with E-state index in [2.05, 4.69) is 10.2 Å². The molecule has 0 aliphatic carbocycles. The van der Waals surface area contributed by atoms with E-state index < -0.39 is 6.10 Å². The zero-order chi connectivity index (χ0) is 19.0. The van der Waals surface area contributed by atoms with Gasteiger partial charge in [0.05, 0.1) is 12.7 Å². The summed E-state index contributed by atoms with van der Waals surface area (Å²) < 4.78 is 16.6. The Morgan fingerprint density at radius 3 is 2.58 bits per heavy atom. The molecule has 1 aliphatic rings. The Labute approximate surface area is 157 Å². The van der Waals surface area contributed by atoms with Crippen LogP contribution in [0.4, 0.5) is 0 Å². The van der Waals surface area contributed by atoms with Crippen LogP contribution in [0, 0.1) is 0 Å². The van der Waals surface area contributed by atoms with Crippen LogP contribution in [0.5, 0.6) is 11.5 Å². The van der Waals surface area contributed by atoms with Gasteiger partial charge in [-0.2, -0.15) is 0 Å². The first-order valence-electron chi connectivity index (χ1n) is 9.39. The predicted octanol–water partition coefficient (Wildman–Crippen LogP) is 2.05. The lowest BCUT2D eigenvalue weighted by atomic mass is 10.1. The van der Waals surface area contributed by atoms with Crippen LogP contribution in [0.15, 0.2) is 18.2 Å². The van der Waals surface area contributed by atoms with Gasteiger partial charge in [-0.05, 0) is 57.5 Å². The summed E-state index contributed by atoms with van der Waals surface area (Å²) in [6.45, 7) is 8.65. The summed E-state index contributed by atoms with van der Waals surface area (Å²) >= 11 is 0. The molecule has 6 nitrogen and oxygen atoms in total. The first-order chi connectivity index (χ1) is 12.4. The highest BCUT2D eigenvalue weighted by molar-refractivity contribution is 5.43. The summed E-state index contributed by atoms with van der Waals surface area (Å²) in [5.41, 5.74) is 0.914. The standard InChI is InChI=1S/C20H34N2O4/c1-20(2,25-4)15-21-12-16-7-8-18(19(11-16)24-3)26-14-17(23)13-22-9-5-6-10-22/h7-8,11,17,21,23H,5-6,9-10,12-15H2,1-4H3/t17-/m0/s1. The molecule has 0 saturated carbocycles. The molecule has 0 radical (unpaired) electrons. The Kier molecular flexibility index (Phi) is 8.15. The number of hydrogen-bond acceptors (Lipinski definition) is 6. The van der Waals surface area contributed by atoms with Crippen molar-refractivity contribution in [2.75, 3.05) is 47.0 Å². The summed E-state index contributed by atoms with van der Waals surface area (Å²) in [4.78, 5) is 2.28. The van der Waals surface area contributed by atoms with E-state index in [0.29, 0.717) is 18.0 Å². The molecular weight excluding hydrogens is 332 g/mol.